The van der Waals surface area contributed by atoms with Crippen LogP contribution in [0, 0.1) is 0 Å². The number of hydrogen-bond donors (Lipinski definition) is 0. The van der Waals surface area contributed by atoms with Crippen molar-refractivity contribution in [3.05, 3.63) is 52.6 Å². The molecular weight excluding hydrogens is 366 g/mol. The maximum absolute atomic E-state index is 12.2. The van der Waals surface area contributed by atoms with Crippen molar-refractivity contribution in [1.29, 1.82) is 0 Å². The summed E-state index contributed by atoms with van der Waals surface area (Å²) in [6, 6.07) is 7.75. The van der Waals surface area contributed by atoms with Gasteiger partial charge in [-0.2, -0.15) is 9.50 Å². The van der Waals surface area contributed by atoms with Crippen molar-refractivity contribution < 1.29 is 9.47 Å². The predicted octanol–water partition coefficient (Wildman–Crippen LogP) is 2.04. The molecule has 0 amide bonds. The van der Waals surface area contributed by atoms with Gasteiger partial charge in [-0.05, 0) is 23.8 Å². The van der Waals surface area contributed by atoms with Crippen LogP contribution in [0.3, 0.4) is 0 Å². The smallest absolute Gasteiger partial charge is 0.261 e. The van der Waals surface area contributed by atoms with Gasteiger partial charge in [0.15, 0.2) is 11.5 Å². The van der Waals surface area contributed by atoms with E-state index in [-0.39, 0.29) is 5.56 Å². The van der Waals surface area contributed by atoms with Gasteiger partial charge in [0.1, 0.15) is 13.2 Å². The average Bonchev–Trinajstić information content (AvgIpc) is 3.12. The number of nitrogens with zero attached hydrogens (tertiary/aromatic N) is 5. The van der Waals surface area contributed by atoms with E-state index in [2.05, 4.69) is 15.1 Å². The van der Waals surface area contributed by atoms with Crippen LogP contribution in [0.4, 0.5) is 0 Å². The summed E-state index contributed by atoms with van der Waals surface area (Å²) >= 11 is 1.50. The van der Waals surface area contributed by atoms with Crippen LogP contribution >= 0.6 is 11.8 Å². The number of ether oxygens (including phenoxy) is 2. The van der Waals surface area contributed by atoms with Crippen LogP contribution in [0.5, 0.6) is 11.5 Å². The topological polar surface area (TPSA) is 83.5 Å². The van der Waals surface area contributed by atoms with Crippen LogP contribution in [0.1, 0.15) is 5.56 Å². The second-order valence-electron chi connectivity index (χ2n) is 6.16. The molecule has 0 saturated carbocycles. The Kier molecular flexibility index (Phi) is 3.75. The maximum atomic E-state index is 12.2. The molecule has 0 spiro atoms. The molecule has 0 unspecified atom stereocenters. The normalized spacial score (nSPS) is 13.4. The van der Waals surface area contributed by atoms with Gasteiger partial charge in [0, 0.05) is 25.2 Å². The molecule has 0 atom stereocenters. The first-order chi connectivity index (χ1) is 13.2. The highest BCUT2D eigenvalue weighted by molar-refractivity contribution is 7.98. The van der Waals surface area contributed by atoms with E-state index in [0.717, 1.165) is 17.1 Å². The molecular formula is C18H15N5O3S. The Morgan fingerprint density at radius 1 is 1.19 bits per heavy atom. The Hall–Kier alpha value is -3.07. The lowest BCUT2D eigenvalue weighted by Crippen LogP contribution is -2.16. The van der Waals surface area contributed by atoms with Crippen LogP contribution in [0.25, 0.3) is 16.7 Å². The summed E-state index contributed by atoms with van der Waals surface area (Å²) in [6.07, 6.45) is 3.27. The van der Waals surface area contributed by atoms with E-state index in [1.807, 2.05) is 24.3 Å². The van der Waals surface area contributed by atoms with E-state index in [4.69, 9.17) is 9.47 Å². The number of hydrogen-bond acceptors (Lipinski definition) is 7. The van der Waals surface area contributed by atoms with Gasteiger partial charge < -0.3 is 14.0 Å². The highest BCUT2D eigenvalue weighted by Crippen LogP contribution is 2.32. The lowest BCUT2D eigenvalue weighted by atomic mass is 10.2. The Bertz CT molecular complexity index is 1230. The largest absolute Gasteiger partial charge is 0.486 e. The molecule has 4 heterocycles. The molecule has 4 aromatic rings. The molecule has 3 aromatic heterocycles. The summed E-state index contributed by atoms with van der Waals surface area (Å²) in [4.78, 5) is 21.0. The summed E-state index contributed by atoms with van der Waals surface area (Å²) in [7, 11) is 1.71. The van der Waals surface area contributed by atoms with Crippen molar-refractivity contribution in [2.24, 2.45) is 7.05 Å². The monoisotopic (exact) mass is 381 g/mol. The fraction of sp³-hybridized carbons (Fsp3) is 0.222. The van der Waals surface area contributed by atoms with Crippen LogP contribution in [0.15, 0.2) is 46.6 Å². The average molecular weight is 381 g/mol. The van der Waals surface area contributed by atoms with Crippen molar-refractivity contribution in [2.45, 2.75) is 10.9 Å². The third kappa shape index (κ3) is 2.80. The Labute approximate surface area is 157 Å². The van der Waals surface area contributed by atoms with Crippen molar-refractivity contribution >= 4 is 28.4 Å². The van der Waals surface area contributed by atoms with Gasteiger partial charge in [-0.1, -0.05) is 17.8 Å². The highest BCUT2D eigenvalue weighted by atomic mass is 32.2. The van der Waals surface area contributed by atoms with Crippen molar-refractivity contribution in [3.8, 4) is 11.5 Å². The van der Waals surface area contributed by atoms with Gasteiger partial charge in [-0.15, -0.1) is 5.10 Å². The SMILES string of the molecule is Cn1ccc2c(cnc3nc(SCc4ccc5c(c4)OCCO5)nn32)c1=O. The Morgan fingerprint density at radius 2 is 2.04 bits per heavy atom. The van der Waals surface area contributed by atoms with E-state index in [0.29, 0.717) is 40.8 Å². The molecule has 5 rings (SSSR count). The molecule has 136 valence electrons. The number of aromatic nitrogens is 5. The number of thioether (sulfide) groups is 1. The molecule has 0 bridgehead atoms. The van der Waals surface area contributed by atoms with E-state index >= 15 is 0 Å². The maximum Gasteiger partial charge on any atom is 0.261 e. The van der Waals surface area contributed by atoms with Gasteiger partial charge in [0.25, 0.3) is 11.3 Å². The van der Waals surface area contributed by atoms with E-state index < -0.39 is 0 Å². The minimum Gasteiger partial charge on any atom is -0.486 e. The summed E-state index contributed by atoms with van der Waals surface area (Å²) in [5.74, 6) is 2.71. The molecule has 9 heteroatoms. The fourth-order valence-corrected chi connectivity index (χ4v) is 3.75. The fourth-order valence-electron chi connectivity index (χ4n) is 2.99. The zero-order valence-electron chi connectivity index (χ0n) is 14.5. The second kappa shape index (κ2) is 6.27. The predicted molar refractivity (Wildman–Crippen MR) is 101 cm³/mol. The zero-order chi connectivity index (χ0) is 18.4. The van der Waals surface area contributed by atoms with Crippen molar-refractivity contribution in [1.82, 2.24) is 24.1 Å². The Balaban J connectivity index is 1.45. The summed E-state index contributed by atoms with van der Waals surface area (Å²) in [5.41, 5.74) is 1.68. The third-order valence-corrected chi connectivity index (χ3v) is 5.27. The first-order valence-corrected chi connectivity index (χ1v) is 9.40. The lowest BCUT2D eigenvalue weighted by molar-refractivity contribution is 0.171. The van der Waals surface area contributed by atoms with Crippen LogP contribution < -0.4 is 15.0 Å². The summed E-state index contributed by atoms with van der Waals surface area (Å²) in [5, 5.41) is 5.63. The van der Waals surface area contributed by atoms with Gasteiger partial charge in [-0.3, -0.25) is 4.79 Å². The molecule has 1 aliphatic rings. The number of aryl methyl sites for hydroxylation is 1. The number of pyridine rings is 1. The number of benzene rings is 1. The number of rotatable bonds is 3. The van der Waals surface area contributed by atoms with E-state index in [1.54, 1.807) is 24.0 Å². The molecule has 1 aromatic carbocycles. The van der Waals surface area contributed by atoms with Gasteiger partial charge in [0.2, 0.25) is 5.16 Å². The Morgan fingerprint density at radius 3 is 2.93 bits per heavy atom. The van der Waals surface area contributed by atoms with Crippen LogP contribution in [-0.2, 0) is 12.8 Å². The number of fused-ring (bicyclic) bond motifs is 4. The standard InChI is InChI=1S/C18H15N5O3S/c1-22-5-4-13-12(16(22)24)9-19-17-20-18(21-23(13)17)27-10-11-2-3-14-15(8-11)26-7-6-25-14/h2-5,8-9H,6-7,10H2,1H3. The molecule has 1 aliphatic heterocycles. The quantitative estimate of drug-likeness (QED) is 0.502. The summed E-state index contributed by atoms with van der Waals surface area (Å²) < 4.78 is 14.3. The third-order valence-electron chi connectivity index (χ3n) is 4.37. The molecule has 0 aliphatic carbocycles. The van der Waals surface area contributed by atoms with Crippen LogP contribution in [-0.4, -0.2) is 37.4 Å². The van der Waals surface area contributed by atoms with Gasteiger partial charge >= 0.3 is 0 Å². The van der Waals surface area contributed by atoms with E-state index in [1.165, 1.54) is 16.3 Å². The minimum atomic E-state index is -0.108. The first kappa shape index (κ1) is 16.1. The molecule has 27 heavy (non-hydrogen) atoms. The first-order valence-electron chi connectivity index (χ1n) is 8.41. The van der Waals surface area contributed by atoms with Gasteiger partial charge in [-0.25, -0.2) is 4.98 Å². The lowest BCUT2D eigenvalue weighted by Gasteiger charge is -2.18. The second-order valence-corrected chi connectivity index (χ2v) is 7.10. The molecule has 0 saturated heterocycles. The minimum absolute atomic E-state index is 0.108. The highest BCUT2D eigenvalue weighted by Gasteiger charge is 2.14. The molecule has 8 nitrogen and oxygen atoms in total. The molecule has 0 N–H and O–H groups in total. The van der Waals surface area contributed by atoms with Gasteiger partial charge in [0.05, 0.1) is 10.9 Å². The van der Waals surface area contributed by atoms with Crippen LogP contribution in [0.2, 0.25) is 0 Å². The molecule has 0 fully saturated rings. The van der Waals surface area contributed by atoms with Crippen molar-refractivity contribution in [3.63, 3.8) is 0 Å². The summed E-state index contributed by atoms with van der Waals surface area (Å²) in [6.45, 7) is 1.14. The van der Waals surface area contributed by atoms with Crippen molar-refractivity contribution in [2.75, 3.05) is 13.2 Å². The zero-order valence-corrected chi connectivity index (χ0v) is 15.3. The molecule has 0 radical (unpaired) electrons. The van der Waals surface area contributed by atoms with E-state index in [9.17, 15) is 4.79 Å².